The fourth-order valence-electron chi connectivity index (χ4n) is 2.06. The molecule has 2 aromatic rings. The third kappa shape index (κ3) is 2.07. The Kier molecular flexibility index (Phi) is 3.43. The summed E-state index contributed by atoms with van der Waals surface area (Å²) in [4.78, 5) is 0. The predicted octanol–water partition coefficient (Wildman–Crippen LogP) is 4.04. The lowest BCUT2D eigenvalue weighted by Crippen LogP contribution is -2.45. The van der Waals surface area contributed by atoms with Crippen molar-refractivity contribution in [3.05, 3.63) is 35.2 Å². The highest BCUT2D eigenvalue weighted by atomic mass is 35.5. The summed E-state index contributed by atoms with van der Waals surface area (Å²) in [6, 6.07) is 6.87. The molecule has 3 unspecified atom stereocenters. The standard InChI is InChI=1S/C13H15ClFNS/c1-8(14)13(15,9(2)16)11-3-4-12-10(7-11)5-6-17-12/h3-9H,16H2,1-2H3. The highest BCUT2D eigenvalue weighted by Crippen LogP contribution is 2.37. The summed E-state index contributed by atoms with van der Waals surface area (Å²) in [7, 11) is 0. The van der Waals surface area contributed by atoms with Crippen LogP contribution >= 0.6 is 22.9 Å². The van der Waals surface area contributed by atoms with Crippen LogP contribution in [-0.2, 0) is 5.67 Å². The van der Waals surface area contributed by atoms with E-state index in [1.54, 1.807) is 31.3 Å². The molecule has 0 fully saturated rings. The summed E-state index contributed by atoms with van der Waals surface area (Å²) in [5.41, 5.74) is 4.63. The molecule has 0 saturated carbocycles. The molecule has 0 spiro atoms. The number of nitrogens with two attached hydrogens (primary N) is 1. The minimum atomic E-state index is -1.70. The normalized spacial score (nSPS) is 18.9. The molecule has 1 aromatic carbocycles. The van der Waals surface area contributed by atoms with Crippen molar-refractivity contribution < 1.29 is 4.39 Å². The van der Waals surface area contributed by atoms with Crippen molar-refractivity contribution in [3.63, 3.8) is 0 Å². The summed E-state index contributed by atoms with van der Waals surface area (Å²) in [6.45, 7) is 3.29. The lowest BCUT2D eigenvalue weighted by atomic mass is 9.86. The molecule has 0 bridgehead atoms. The molecule has 17 heavy (non-hydrogen) atoms. The smallest absolute Gasteiger partial charge is 0.166 e. The zero-order valence-corrected chi connectivity index (χ0v) is 11.4. The van der Waals surface area contributed by atoms with Crippen LogP contribution in [0.15, 0.2) is 29.6 Å². The lowest BCUT2D eigenvalue weighted by Gasteiger charge is -2.32. The van der Waals surface area contributed by atoms with Crippen molar-refractivity contribution in [1.82, 2.24) is 0 Å². The number of rotatable bonds is 3. The fourth-order valence-corrected chi connectivity index (χ4v) is 3.16. The molecule has 1 nitrogen and oxygen atoms in total. The minimum absolute atomic E-state index is 0.556. The van der Waals surface area contributed by atoms with Gasteiger partial charge in [-0.05, 0) is 48.4 Å². The second kappa shape index (κ2) is 4.56. The van der Waals surface area contributed by atoms with Crippen LogP contribution in [0.5, 0.6) is 0 Å². The van der Waals surface area contributed by atoms with E-state index in [0.29, 0.717) is 5.56 Å². The van der Waals surface area contributed by atoms with Gasteiger partial charge in [-0.15, -0.1) is 22.9 Å². The Balaban J connectivity index is 2.56. The molecule has 0 aliphatic carbocycles. The van der Waals surface area contributed by atoms with Gasteiger partial charge >= 0.3 is 0 Å². The average Bonchev–Trinajstić information content (AvgIpc) is 2.73. The molecule has 4 heteroatoms. The Labute approximate surface area is 109 Å². The van der Waals surface area contributed by atoms with E-state index in [0.717, 1.165) is 10.1 Å². The zero-order valence-electron chi connectivity index (χ0n) is 9.78. The molecule has 0 amide bonds. The molecule has 0 aliphatic heterocycles. The monoisotopic (exact) mass is 271 g/mol. The Morgan fingerprint density at radius 2 is 2.06 bits per heavy atom. The summed E-state index contributed by atoms with van der Waals surface area (Å²) in [6.07, 6.45) is 0. The molecule has 0 radical (unpaired) electrons. The van der Waals surface area contributed by atoms with Crippen molar-refractivity contribution in [3.8, 4) is 0 Å². The van der Waals surface area contributed by atoms with Gasteiger partial charge in [0.2, 0.25) is 0 Å². The van der Waals surface area contributed by atoms with Crippen LogP contribution in [0.1, 0.15) is 19.4 Å². The van der Waals surface area contributed by atoms with E-state index in [4.69, 9.17) is 17.3 Å². The topological polar surface area (TPSA) is 26.0 Å². The maximum atomic E-state index is 14.9. The van der Waals surface area contributed by atoms with E-state index in [2.05, 4.69) is 0 Å². The van der Waals surface area contributed by atoms with E-state index in [1.807, 2.05) is 23.6 Å². The van der Waals surface area contributed by atoms with Crippen LogP contribution in [0.4, 0.5) is 4.39 Å². The second-order valence-electron chi connectivity index (χ2n) is 4.35. The Bertz CT molecular complexity index is 513. The van der Waals surface area contributed by atoms with Gasteiger partial charge in [0.15, 0.2) is 5.67 Å². The number of halogens is 2. The van der Waals surface area contributed by atoms with Gasteiger partial charge in [0.1, 0.15) is 0 Å². The van der Waals surface area contributed by atoms with Crippen LogP contribution in [0, 0.1) is 0 Å². The minimum Gasteiger partial charge on any atom is -0.325 e. The van der Waals surface area contributed by atoms with Gasteiger partial charge in [0.05, 0.1) is 5.38 Å². The van der Waals surface area contributed by atoms with Gasteiger partial charge in [-0.25, -0.2) is 4.39 Å². The van der Waals surface area contributed by atoms with E-state index in [-0.39, 0.29) is 0 Å². The maximum Gasteiger partial charge on any atom is 0.166 e. The zero-order chi connectivity index (χ0) is 12.6. The van der Waals surface area contributed by atoms with Crippen LogP contribution in [0.25, 0.3) is 10.1 Å². The number of hydrogen-bond donors (Lipinski definition) is 1. The van der Waals surface area contributed by atoms with E-state index >= 15 is 0 Å². The fraction of sp³-hybridized carbons (Fsp3) is 0.385. The predicted molar refractivity (Wildman–Crippen MR) is 73.6 cm³/mol. The van der Waals surface area contributed by atoms with Gasteiger partial charge < -0.3 is 5.73 Å². The SMILES string of the molecule is CC(N)C(F)(c1ccc2sccc2c1)C(C)Cl. The highest BCUT2D eigenvalue weighted by Gasteiger charge is 2.41. The van der Waals surface area contributed by atoms with Gasteiger partial charge in [-0.1, -0.05) is 6.07 Å². The first-order valence-corrected chi connectivity index (χ1v) is 6.84. The summed E-state index contributed by atoms with van der Waals surface area (Å²) < 4.78 is 16.1. The molecule has 1 heterocycles. The first-order chi connectivity index (χ1) is 7.96. The third-order valence-corrected chi connectivity index (χ3v) is 4.35. The Hall–Kier alpha value is -0.640. The highest BCUT2D eigenvalue weighted by molar-refractivity contribution is 7.17. The molecule has 0 aliphatic rings. The molecule has 3 atom stereocenters. The van der Waals surface area contributed by atoms with Crippen molar-refractivity contribution in [2.75, 3.05) is 0 Å². The van der Waals surface area contributed by atoms with E-state index < -0.39 is 17.1 Å². The summed E-state index contributed by atoms with van der Waals surface area (Å²) >= 11 is 7.62. The molecule has 2 rings (SSSR count). The molecular formula is C13H15ClFNS. The van der Waals surface area contributed by atoms with Gasteiger partial charge in [0.25, 0.3) is 0 Å². The van der Waals surface area contributed by atoms with Crippen LogP contribution in [0.2, 0.25) is 0 Å². The third-order valence-electron chi connectivity index (χ3n) is 3.14. The van der Waals surface area contributed by atoms with Crippen LogP contribution in [0.3, 0.4) is 0 Å². The number of benzene rings is 1. The molecule has 92 valence electrons. The molecule has 1 aromatic heterocycles. The van der Waals surface area contributed by atoms with Crippen LogP contribution in [-0.4, -0.2) is 11.4 Å². The number of alkyl halides is 2. The first kappa shape index (κ1) is 12.8. The number of hydrogen-bond acceptors (Lipinski definition) is 2. The number of fused-ring (bicyclic) bond motifs is 1. The summed E-state index contributed by atoms with van der Waals surface area (Å²) in [5, 5.41) is 2.36. The van der Waals surface area contributed by atoms with Crippen molar-refractivity contribution in [1.29, 1.82) is 0 Å². The van der Waals surface area contributed by atoms with Gasteiger partial charge in [-0.3, -0.25) is 0 Å². The van der Waals surface area contributed by atoms with Crippen molar-refractivity contribution in [2.45, 2.75) is 30.9 Å². The van der Waals surface area contributed by atoms with Gasteiger partial charge in [0, 0.05) is 10.7 Å². The van der Waals surface area contributed by atoms with E-state index in [9.17, 15) is 4.39 Å². The average molecular weight is 272 g/mol. The Morgan fingerprint density at radius 3 is 2.65 bits per heavy atom. The lowest BCUT2D eigenvalue weighted by molar-refractivity contribution is 0.131. The van der Waals surface area contributed by atoms with Crippen molar-refractivity contribution in [2.24, 2.45) is 5.73 Å². The Morgan fingerprint density at radius 1 is 1.35 bits per heavy atom. The molecule has 0 saturated heterocycles. The molecule has 2 N–H and O–H groups in total. The molecular weight excluding hydrogens is 257 g/mol. The van der Waals surface area contributed by atoms with E-state index in [1.165, 1.54) is 0 Å². The van der Waals surface area contributed by atoms with Crippen molar-refractivity contribution >= 4 is 33.0 Å². The largest absolute Gasteiger partial charge is 0.325 e. The quantitative estimate of drug-likeness (QED) is 0.838. The van der Waals surface area contributed by atoms with Crippen LogP contribution < -0.4 is 5.73 Å². The number of thiophene rings is 1. The summed E-state index contributed by atoms with van der Waals surface area (Å²) in [5.74, 6) is 0. The first-order valence-electron chi connectivity index (χ1n) is 5.52. The maximum absolute atomic E-state index is 14.9. The van der Waals surface area contributed by atoms with Gasteiger partial charge in [-0.2, -0.15) is 0 Å². The second-order valence-corrected chi connectivity index (χ2v) is 5.95.